The molecular weight excluding hydrogens is 223 g/mol. The Balaban J connectivity index is 3.90. The van der Waals surface area contributed by atoms with Crippen LogP contribution < -0.4 is 5.73 Å². The summed E-state index contributed by atoms with van der Waals surface area (Å²) in [5.41, 5.74) is 5.19. The maximum Gasteiger partial charge on any atom is 0.522 e. The lowest BCUT2D eigenvalue weighted by Gasteiger charge is -2.09. The zero-order valence-electron chi connectivity index (χ0n) is 7.54. The summed E-state index contributed by atoms with van der Waals surface area (Å²) >= 11 is 0. The van der Waals surface area contributed by atoms with E-state index in [1.165, 1.54) is 6.92 Å². The number of rotatable bonds is 5. The Labute approximate surface area is 80.1 Å². The van der Waals surface area contributed by atoms with E-state index in [2.05, 4.69) is 4.74 Å². The fourth-order valence-electron chi connectivity index (χ4n) is 0.768. The van der Waals surface area contributed by atoms with Gasteiger partial charge in [-0.3, -0.25) is 4.74 Å². The number of halogens is 3. The van der Waals surface area contributed by atoms with Crippen molar-refractivity contribution in [3.8, 4) is 0 Å². The van der Waals surface area contributed by atoms with Crippen LogP contribution in [0.5, 0.6) is 0 Å². The van der Waals surface area contributed by atoms with E-state index in [1.54, 1.807) is 0 Å². The summed E-state index contributed by atoms with van der Waals surface area (Å²) in [4.78, 5) is 0. The Hall–Kier alpha value is -0.340. The zero-order valence-corrected chi connectivity index (χ0v) is 8.36. The largest absolute Gasteiger partial charge is 0.522 e. The molecule has 2 N–H and O–H groups in total. The molecule has 0 aromatic heterocycles. The van der Waals surface area contributed by atoms with E-state index in [1.807, 2.05) is 0 Å². The van der Waals surface area contributed by atoms with Crippen LogP contribution in [-0.4, -0.2) is 38.9 Å². The number of alkyl halides is 3. The Bertz CT molecular complexity index is 260. The predicted octanol–water partition coefficient (Wildman–Crippen LogP) is 0.285. The Kier molecular flexibility index (Phi) is 4.82. The molecule has 86 valence electrons. The van der Waals surface area contributed by atoms with E-state index in [0.717, 1.165) is 0 Å². The molecule has 0 aromatic rings. The third-order valence-corrected chi connectivity index (χ3v) is 3.00. The lowest BCUT2D eigenvalue weighted by Crippen LogP contribution is -2.30. The van der Waals surface area contributed by atoms with Gasteiger partial charge in [0.25, 0.3) is 0 Å². The normalized spacial score (nSPS) is 15.5. The van der Waals surface area contributed by atoms with Crippen molar-refractivity contribution in [1.82, 2.24) is 0 Å². The van der Waals surface area contributed by atoms with Crippen LogP contribution in [0.15, 0.2) is 0 Å². The lowest BCUT2D eigenvalue weighted by atomic mass is 10.4. The molecule has 0 radical (unpaired) electrons. The van der Waals surface area contributed by atoms with Crippen molar-refractivity contribution in [2.24, 2.45) is 5.73 Å². The summed E-state index contributed by atoms with van der Waals surface area (Å²) in [6.07, 6.45) is -4.79. The highest BCUT2D eigenvalue weighted by molar-refractivity contribution is 7.91. The highest BCUT2D eigenvalue weighted by atomic mass is 32.2. The Morgan fingerprint density at radius 3 is 2.29 bits per heavy atom. The topological polar surface area (TPSA) is 69.4 Å². The van der Waals surface area contributed by atoms with Crippen molar-refractivity contribution in [2.75, 3.05) is 18.1 Å². The quantitative estimate of drug-likeness (QED) is 0.743. The maximum absolute atomic E-state index is 11.5. The maximum atomic E-state index is 11.5. The van der Waals surface area contributed by atoms with Gasteiger partial charge in [-0.2, -0.15) is 0 Å². The first-order chi connectivity index (χ1) is 6.12. The minimum absolute atomic E-state index is 0.339. The molecule has 0 aliphatic rings. The molecule has 0 aromatic carbocycles. The number of hydrogen-bond acceptors (Lipinski definition) is 4. The van der Waals surface area contributed by atoms with Gasteiger partial charge in [-0.1, -0.05) is 0 Å². The van der Waals surface area contributed by atoms with Gasteiger partial charge in [0.15, 0.2) is 9.84 Å². The summed E-state index contributed by atoms with van der Waals surface area (Å²) in [5, 5.41) is 0. The van der Waals surface area contributed by atoms with Crippen LogP contribution in [0.4, 0.5) is 13.2 Å². The molecule has 0 saturated heterocycles. The fraction of sp³-hybridized carbons (Fsp3) is 1.00. The van der Waals surface area contributed by atoms with Gasteiger partial charge in [0.1, 0.15) is 0 Å². The summed E-state index contributed by atoms with van der Waals surface area (Å²) in [6, 6.07) is -0.592. The Morgan fingerprint density at radius 1 is 1.43 bits per heavy atom. The molecule has 0 aliphatic carbocycles. The molecular formula is C6H12F3NO3S. The van der Waals surface area contributed by atoms with Crippen molar-refractivity contribution >= 4 is 9.84 Å². The van der Waals surface area contributed by atoms with Gasteiger partial charge in [0.05, 0.1) is 18.1 Å². The van der Waals surface area contributed by atoms with Crippen LogP contribution in [0.2, 0.25) is 0 Å². The first kappa shape index (κ1) is 13.7. The lowest BCUT2D eigenvalue weighted by molar-refractivity contribution is -0.322. The van der Waals surface area contributed by atoms with Crippen molar-refractivity contribution in [3.05, 3.63) is 0 Å². The molecule has 0 fully saturated rings. The third kappa shape index (κ3) is 8.27. The van der Waals surface area contributed by atoms with Crippen molar-refractivity contribution in [3.63, 3.8) is 0 Å². The minimum atomic E-state index is -4.79. The molecule has 4 nitrogen and oxygen atoms in total. The van der Waals surface area contributed by atoms with Crippen LogP contribution in [0, 0.1) is 0 Å². The molecule has 0 bridgehead atoms. The van der Waals surface area contributed by atoms with Crippen LogP contribution >= 0.6 is 0 Å². The van der Waals surface area contributed by atoms with E-state index in [4.69, 9.17) is 5.73 Å². The van der Waals surface area contributed by atoms with Crippen molar-refractivity contribution in [1.29, 1.82) is 0 Å². The highest BCUT2D eigenvalue weighted by Gasteiger charge is 2.29. The molecule has 1 atom stereocenters. The average molecular weight is 235 g/mol. The fourth-order valence-corrected chi connectivity index (χ4v) is 2.07. The molecule has 0 heterocycles. The van der Waals surface area contributed by atoms with Gasteiger partial charge in [-0.15, -0.1) is 13.2 Å². The number of ether oxygens (including phenoxy) is 1. The number of sulfone groups is 1. The molecule has 0 saturated carbocycles. The molecule has 0 spiro atoms. The van der Waals surface area contributed by atoms with Crippen LogP contribution in [0.1, 0.15) is 6.92 Å². The van der Waals surface area contributed by atoms with Gasteiger partial charge in [0, 0.05) is 6.04 Å². The molecule has 1 unspecified atom stereocenters. The summed E-state index contributed by atoms with van der Waals surface area (Å²) < 4.78 is 59.7. The molecule has 14 heavy (non-hydrogen) atoms. The molecule has 0 aliphatic heterocycles. The summed E-state index contributed by atoms with van der Waals surface area (Å²) in [5.74, 6) is -1.01. The molecule has 0 amide bonds. The van der Waals surface area contributed by atoms with Gasteiger partial charge >= 0.3 is 6.36 Å². The van der Waals surface area contributed by atoms with Crippen LogP contribution in [0.25, 0.3) is 0 Å². The van der Waals surface area contributed by atoms with E-state index in [-0.39, 0.29) is 5.75 Å². The second-order valence-corrected chi connectivity index (χ2v) is 5.11. The summed E-state index contributed by atoms with van der Waals surface area (Å²) in [7, 11) is -3.55. The zero-order chi connectivity index (χ0) is 11.4. The summed E-state index contributed by atoms with van der Waals surface area (Å²) in [6.45, 7) is 0.570. The van der Waals surface area contributed by atoms with Gasteiger partial charge in [0.2, 0.25) is 0 Å². The van der Waals surface area contributed by atoms with Crippen LogP contribution in [0.3, 0.4) is 0 Å². The minimum Gasteiger partial charge on any atom is -0.327 e. The van der Waals surface area contributed by atoms with Gasteiger partial charge in [-0.25, -0.2) is 8.42 Å². The van der Waals surface area contributed by atoms with E-state index >= 15 is 0 Å². The van der Waals surface area contributed by atoms with E-state index in [9.17, 15) is 21.6 Å². The average Bonchev–Trinajstić information content (AvgIpc) is 1.78. The number of hydrogen-bond donors (Lipinski definition) is 1. The predicted molar refractivity (Wildman–Crippen MR) is 44.3 cm³/mol. The third-order valence-electron chi connectivity index (χ3n) is 1.18. The standard InChI is InChI=1S/C6H12F3NO3S/c1-5(10)4-14(11,12)3-2-13-6(7,8)9/h5H,2-4,10H2,1H3. The SMILES string of the molecule is CC(N)CS(=O)(=O)CCOC(F)(F)F. The first-order valence-electron chi connectivity index (χ1n) is 3.79. The molecule has 8 heteroatoms. The Morgan fingerprint density at radius 2 is 1.93 bits per heavy atom. The monoisotopic (exact) mass is 235 g/mol. The van der Waals surface area contributed by atoms with E-state index in [0.29, 0.717) is 0 Å². The number of nitrogens with two attached hydrogens (primary N) is 1. The van der Waals surface area contributed by atoms with Gasteiger partial charge in [-0.05, 0) is 6.92 Å². The smallest absolute Gasteiger partial charge is 0.327 e. The van der Waals surface area contributed by atoms with Crippen molar-refractivity contribution in [2.45, 2.75) is 19.3 Å². The molecule has 0 rings (SSSR count). The van der Waals surface area contributed by atoms with E-state index < -0.39 is 34.6 Å². The van der Waals surface area contributed by atoms with Crippen LogP contribution in [-0.2, 0) is 14.6 Å². The second kappa shape index (κ2) is 4.94. The second-order valence-electron chi connectivity index (χ2n) is 2.89. The first-order valence-corrected chi connectivity index (χ1v) is 5.61. The van der Waals surface area contributed by atoms with Crippen molar-refractivity contribution < 1.29 is 26.3 Å². The van der Waals surface area contributed by atoms with Gasteiger partial charge < -0.3 is 5.73 Å². The highest BCUT2D eigenvalue weighted by Crippen LogP contribution is 2.15.